The average molecular weight is 367 g/mol. The average Bonchev–Trinajstić information content (AvgIpc) is 2.58. The van der Waals surface area contributed by atoms with Crippen LogP contribution in [0.5, 0.6) is 5.75 Å². The fourth-order valence-corrected chi connectivity index (χ4v) is 3.77. The summed E-state index contributed by atoms with van der Waals surface area (Å²) in [4.78, 5) is 19.2. The number of aryl methyl sites for hydroxylation is 4. The number of amides is 1. The van der Waals surface area contributed by atoms with Crippen molar-refractivity contribution in [1.29, 1.82) is 0 Å². The zero-order valence-corrected chi connectivity index (χ0v) is 17.0. The van der Waals surface area contributed by atoms with Gasteiger partial charge in [-0.2, -0.15) is 0 Å². The van der Waals surface area contributed by atoms with Gasteiger partial charge in [-0.05, 0) is 45.2 Å². The maximum atomic E-state index is 12.5. The van der Waals surface area contributed by atoms with Crippen LogP contribution in [0.25, 0.3) is 0 Å². The van der Waals surface area contributed by atoms with Crippen molar-refractivity contribution in [1.82, 2.24) is 4.98 Å². The first-order chi connectivity index (χ1) is 12.9. The van der Waals surface area contributed by atoms with Gasteiger partial charge in [-0.3, -0.25) is 4.79 Å². The van der Waals surface area contributed by atoms with Crippen LogP contribution in [-0.2, 0) is 4.79 Å². The van der Waals surface area contributed by atoms with E-state index in [4.69, 9.17) is 9.72 Å². The largest absolute Gasteiger partial charge is 0.491 e. The molecule has 0 fully saturated rings. The normalized spacial score (nSPS) is 13.4. The number of rotatable bonds is 6. The number of nitrogens with zero attached hydrogens (tertiary/aromatic N) is 2. The highest BCUT2D eigenvalue weighted by molar-refractivity contribution is 6.04. The van der Waals surface area contributed by atoms with Gasteiger partial charge in [-0.1, -0.05) is 37.5 Å². The van der Waals surface area contributed by atoms with Crippen molar-refractivity contribution in [3.05, 3.63) is 40.6 Å². The molecule has 27 heavy (non-hydrogen) atoms. The number of ether oxygens (including phenoxy) is 1. The van der Waals surface area contributed by atoms with E-state index < -0.39 is 0 Å². The van der Waals surface area contributed by atoms with Crippen molar-refractivity contribution >= 4 is 23.1 Å². The molecule has 1 aromatic heterocycles. The van der Waals surface area contributed by atoms with Crippen LogP contribution in [0.15, 0.2) is 18.2 Å². The lowest BCUT2D eigenvalue weighted by atomic mass is 10.0. The Bertz CT molecular complexity index is 838. The van der Waals surface area contributed by atoms with Crippen LogP contribution >= 0.6 is 0 Å². The number of nitrogens with one attached hydrogen (secondary N) is 1. The number of carbonyl (C=O) groups is 1. The Morgan fingerprint density at radius 1 is 1.11 bits per heavy atom. The smallest absolute Gasteiger partial charge is 0.244 e. The van der Waals surface area contributed by atoms with Crippen molar-refractivity contribution in [3.8, 4) is 5.75 Å². The Morgan fingerprint density at radius 2 is 1.81 bits per heavy atom. The zero-order valence-electron chi connectivity index (χ0n) is 17.0. The van der Waals surface area contributed by atoms with Crippen LogP contribution in [0.1, 0.15) is 48.6 Å². The highest BCUT2D eigenvalue weighted by atomic mass is 16.5. The van der Waals surface area contributed by atoms with Gasteiger partial charge in [-0.15, -0.1) is 0 Å². The van der Waals surface area contributed by atoms with Crippen LogP contribution in [0.3, 0.4) is 0 Å². The lowest BCUT2D eigenvalue weighted by molar-refractivity contribution is -0.115. The number of carbonyl (C=O) groups excluding carboxylic acids is 1. The van der Waals surface area contributed by atoms with Crippen molar-refractivity contribution in [2.24, 2.45) is 0 Å². The summed E-state index contributed by atoms with van der Waals surface area (Å²) >= 11 is 0. The minimum absolute atomic E-state index is 0.0501. The number of anilines is 3. The first-order valence-corrected chi connectivity index (χ1v) is 9.70. The molecule has 5 nitrogen and oxygen atoms in total. The second-order valence-corrected chi connectivity index (χ2v) is 7.40. The van der Waals surface area contributed by atoms with Crippen molar-refractivity contribution in [3.63, 3.8) is 0 Å². The van der Waals surface area contributed by atoms with Gasteiger partial charge in [0.05, 0.1) is 6.61 Å². The molecule has 0 aliphatic carbocycles. The van der Waals surface area contributed by atoms with Crippen LogP contribution in [0.4, 0.5) is 17.2 Å². The third kappa shape index (κ3) is 4.07. The molecule has 144 valence electrons. The van der Waals surface area contributed by atoms with Gasteiger partial charge >= 0.3 is 0 Å². The first-order valence-electron chi connectivity index (χ1n) is 9.70. The Morgan fingerprint density at radius 3 is 2.48 bits per heavy atom. The molecule has 1 aliphatic rings. The number of fused-ring (bicyclic) bond motifs is 1. The number of aromatic nitrogens is 1. The third-order valence-electron chi connectivity index (χ3n) is 4.82. The third-order valence-corrected chi connectivity index (χ3v) is 4.82. The molecule has 0 radical (unpaired) electrons. The van der Waals surface area contributed by atoms with Gasteiger partial charge < -0.3 is 15.0 Å². The van der Waals surface area contributed by atoms with Crippen LogP contribution in [0, 0.1) is 27.7 Å². The predicted octanol–water partition coefficient (Wildman–Crippen LogP) is 4.97. The maximum absolute atomic E-state index is 12.5. The molecule has 1 aromatic carbocycles. The number of benzene rings is 1. The van der Waals surface area contributed by atoms with Crippen LogP contribution < -0.4 is 15.0 Å². The van der Waals surface area contributed by atoms with Crippen LogP contribution in [-0.4, -0.2) is 24.0 Å². The molecule has 1 amide bonds. The van der Waals surface area contributed by atoms with E-state index in [9.17, 15) is 4.79 Å². The summed E-state index contributed by atoms with van der Waals surface area (Å²) in [5, 5.41) is 2.98. The minimum atomic E-state index is -0.0501. The van der Waals surface area contributed by atoms with E-state index in [0.717, 1.165) is 47.6 Å². The maximum Gasteiger partial charge on any atom is 0.244 e. The summed E-state index contributed by atoms with van der Waals surface area (Å²) in [5.74, 6) is 1.41. The van der Waals surface area contributed by atoms with Gasteiger partial charge in [0.1, 0.15) is 18.0 Å². The lowest BCUT2D eigenvalue weighted by Gasteiger charge is -2.33. The number of pyridine rings is 1. The fourth-order valence-electron chi connectivity index (χ4n) is 3.77. The van der Waals surface area contributed by atoms with Gasteiger partial charge in [0.25, 0.3) is 0 Å². The van der Waals surface area contributed by atoms with E-state index in [1.54, 1.807) is 0 Å². The molecule has 0 unspecified atom stereocenters. The zero-order chi connectivity index (χ0) is 19.6. The fraction of sp³-hybridized carbons (Fsp3) is 0.455. The van der Waals surface area contributed by atoms with E-state index >= 15 is 0 Å². The minimum Gasteiger partial charge on any atom is -0.491 e. The molecule has 2 heterocycles. The molecule has 0 saturated carbocycles. The molecule has 0 atom stereocenters. The monoisotopic (exact) mass is 367 g/mol. The summed E-state index contributed by atoms with van der Waals surface area (Å²) in [6.07, 6.45) is 3.28. The molecule has 1 N–H and O–H groups in total. The van der Waals surface area contributed by atoms with Crippen molar-refractivity contribution < 1.29 is 9.53 Å². The van der Waals surface area contributed by atoms with Crippen molar-refractivity contribution in [2.75, 3.05) is 23.4 Å². The molecule has 0 saturated heterocycles. The highest BCUT2D eigenvalue weighted by Gasteiger charge is 2.29. The predicted molar refractivity (Wildman–Crippen MR) is 110 cm³/mol. The Balaban J connectivity index is 2.04. The summed E-state index contributed by atoms with van der Waals surface area (Å²) < 4.78 is 6.02. The number of unbranched alkanes of at least 4 members (excludes halogenated alkanes) is 2. The summed E-state index contributed by atoms with van der Waals surface area (Å²) in [6, 6.07) is 6.20. The summed E-state index contributed by atoms with van der Waals surface area (Å²) in [7, 11) is 0. The molecule has 3 rings (SSSR count). The number of hydrogen-bond acceptors (Lipinski definition) is 4. The molecule has 1 aliphatic heterocycles. The second-order valence-electron chi connectivity index (χ2n) is 7.40. The molecular formula is C22H29N3O2. The van der Waals surface area contributed by atoms with Gasteiger partial charge in [-0.25, -0.2) is 4.98 Å². The highest BCUT2D eigenvalue weighted by Crippen LogP contribution is 2.42. The molecule has 0 bridgehead atoms. The molecule has 5 heteroatoms. The SMILES string of the molecule is CCCCCOc1cc(C)nc2c1NC(=O)CN2c1c(C)cc(C)cc1C. The van der Waals surface area contributed by atoms with Gasteiger partial charge in [0, 0.05) is 17.4 Å². The standard InChI is InChI=1S/C22H29N3O2/c1-6-7-8-9-27-18-12-17(5)23-22-20(18)24-19(26)13-25(22)21-15(3)10-14(2)11-16(21)4/h10-12H,6-9,13H2,1-5H3,(H,24,26). The molecular weight excluding hydrogens is 338 g/mol. The summed E-state index contributed by atoms with van der Waals surface area (Å²) in [6.45, 7) is 11.3. The Labute approximate surface area is 161 Å². The Hall–Kier alpha value is -2.56. The van der Waals surface area contributed by atoms with E-state index in [1.165, 1.54) is 5.56 Å². The van der Waals surface area contributed by atoms with Crippen LogP contribution in [0.2, 0.25) is 0 Å². The Kier molecular flexibility index (Phi) is 5.68. The topological polar surface area (TPSA) is 54.5 Å². The second kappa shape index (κ2) is 7.99. The summed E-state index contributed by atoms with van der Waals surface area (Å²) in [5.41, 5.74) is 6.10. The quantitative estimate of drug-likeness (QED) is 0.732. The van der Waals surface area contributed by atoms with E-state index in [-0.39, 0.29) is 12.5 Å². The van der Waals surface area contributed by atoms with E-state index in [0.29, 0.717) is 18.0 Å². The van der Waals surface area contributed by atoms with Gasteiger partial charge in [0.15, 0.2) is 5.82 Å². The molecule has 2 aromatic rings. The molecule has 0 spiro atoms. The first kappa shape index (κ1) is 19.2. The van der Waals surface area contributed by atoms with E-state index in [2.05, 4.69) is 45.1 Å². The van der Waals surface area contributed by atoms with Crippen molar-refractivity contribution in [2.45, 2.75) is 53.9 Å². The van der Waals surface area contributed by atoms with Gasteiger partial charge in [0.2, 0.25) is 5.91 Å². The van der Waals surface area contributed by atoms with E-state index in [1.807, 2.05) is 17.9 Å². The number of hydrogen-bond donors (Lipinski definition) is 1. The lowest BCUT2D eigenvalue weighted by Crippen LogP contribution is -2.37.